The highest BCUT2D eigenvalue weighted by Gasteiger charge is 2.30. The van der Waals surface area contributed by atoms with Crippen LogP contribution in [0.2, 0.25) is 0 Å². The molecule has 0 atom stereocenters. The van der Waals surface area contributed by atoms with E-state index in [9.17, 15) is 22.8 Å². The number of hydrogen-bond acceptors (Lipinski definition) is 6. The molecule has 1 aromatic heterocycles. The second-order valence-electron chi connectivity index (χ2n) is 6.17. The second-order valence-corrected chi connectivity index (χ2v) is 7.40. The Morgan fingerprint density at radius 2 is 1.93 bits per heavy atom. The summed E-state index contributed by atoms with van der Waals surface area (Å²) in [4.78, 5) is 30.2. The lowest BCUT2D eigenvalue weighted by Gasteiger charge is -2.26. The molecule has 0 aliphatic carbocycles. The summed E-state index contributed by atoms with van der Waals surface area (Å²) in [6.45, 7) is 0.813. The van der Waals surface area contributed by atoms with Crippen LogP contribution < -0.4 is 5.32 Å². The first kappa shape index (κ1) is 21.0. The van der Waals surface area contributed by atoms with Gasteiger partial charge in [0.25, 0.3) is 5.91 Å². The van der Waals surface area contributed by atoms with Crippen LogP contribution in [-0.4, -0.2) is 53.0 Å². The second kappa shape index (κ2) is 9.17. The number of aromatic nitrogens is 1. The molecule has 1 aliphatic heterocycles. The Hall–Kier alpha value is -2.75. The van der Waals surface area contributed by atoms with Crippen molar-refractivity contribution in [2.24, 2.45) is 0 Å². The Morgan fingerprint density at radius 1 is 1.17 bits per heavy atom. The summed E-state index contributed by atoms with van der Waals surface area (Å²) in [7, 11) is 0. The molecular formula is C19H18F3N3O3S. The van der Waals surface area contributed by atoms with Crippen LogP contribution in [0.3, 0.4) is 0 Å². The van der Waals surface area contributed by atoms with Crippen molar-refractivity contribution in [3.8, 4) is 0 Å². The van der Waals surface area contributed by atoms with Crippen LogP contribution in [0.25, 0.3) is 0 Å². The maximum absolute atomic E-state index is 12.9. The van der Waals surface area contributed by atoms with E-state index in [1.807, 2.05) is 0 Å². The van der Waals surface area contributed by atoms with Gasteiger partial charge in [-0.1, -0.05) is 6.07 Å². The van der Waals surface area contributed by atoms with E-state index in [4.69, 9.17) is 4.74 Å². The third-order valence-corrected chi connectivity index (χ3v) is 5.11. The molecule has 1 fully saturated rings. The summed E-state index contributed by atoms with van der Waals surface area (Å²) in [6.07, 6.45) is -3.10. The molecule has 2 aromatic rings. The van der Waals surface area contributed by atoms with E-state index < -0.39 is 24.3 Å². The van der Waals surface area contributed by atoms with Crippen LogP contribution in [0, 0.1) is 0 Å². The van der Waals surface area contributed by atoms with E-state index in [0.29, 0.717) is 13.1 Å². The van der Waals surface area contributed by atoms with Gasteiger partial charge in [-0.05, 0) is 30.3 Å². The lowest BCUT2D eigenvalue weighted by molar-refractivity contribution is -0.137. The monoisotopic (exact) mass is 425 g/mol. The predicted octanol–water partition coefficient (Wildman–Crippen LogP) is 3.58. The van der Waals surface area contributed by atoms with E-state index in [-0.39, 0.29) is 23.0 Å². The fourth-order valence-electron chi connectivity index (χ4n) is 2.69. The summed E-state index contributed by atoms with van der Waals surface area (Å²) in [5.41, 5.74) is -0.686. The maximum atomic E-state index is 12.9. The molecule has 10 heteroatoms. The number of benzene rings is 1. The molecule has 0 spiro atoms. The van der Waals surface area contributed by atoms with Gasteiger partial charge in [0.2, 0.25) is 0 Å². The Balaban J connectivity index is 1.68. The van der Waals surface area contributed by atoms with Crippen LogP contribution in [0.5, 0.6) is 0 Å². The summed E-state index contributed by atoms with van der Waals surface area (Å²) in [5.74, 6) is 0.654. The van der Waals surface area contributed by atoms with E-state index in [1.54, 1.807) is 16.7 Å². The highest BCUT2D eigenvalue weighted by Crippen LogP contribution is 2.31. The van der Waals surface area contributed by atoms with Gasteiger partial charge in [-0.15, -0.1) is 0 Å². The van der Waals surface area contributed by atoms with Crippen molar-refractivity contribution in [2.75, 3.05) is 36.5 Å². The molecule has 1 aliphatic rings. The third-order valence-electron chi connectivity index (χ3n) is 4.17. The van der Waals surface area contributed by atoms with Crippen LogP contribution in [0.15, 0.2) is 42.6 Å². The molecule has 1 aromatic carbocycles. The number of nitrogens with zero attached hydrogens (tertiary/aromatic N) is 2. The summed E-state index contributed by atoms with van der Waals surface area (Å²) >= 11 is 1.75. The van der Waals surface area contributed by atoms with Crippen molar-refractivity contribution in [3.05, 3.63) is 53.7 Å². The van der Waals surface area contributed by atoms with Crippen LogP contribution in [0.1, 0.15) is 15.9 Å². The van der Waals surface area contributed by atoms with Gasteiger partial charge >= 0.3 is 12.1 Å². The molecule has 0 bridgehead atoms. The average Bonchev–Trinajstić information content (AvgIpc) is 2.72. The minimum atomic E-state index is -4.49. The quantitative estimate of drug-likeness (QED) is 0.739. The minimum Gasteiger partial charge on any atom is -0.452 e. The van der Waals surface area contributed by atoms with E-state index in [1.165, 1.54) is 30.5 Å². The van der Waals surface area contributed by atoms with Gasteiger partial charge < -0.3 is 15.0 Å². The van der Waals surface area contributed by atoms with Crippen molar-refractivity contribution < 1.29 is 27.5 Å². The summed E-state index contributed by atoms with van der Waals surface area (Å²) in [6, 6.07) is 7.47. The number of thioether (sulfide) groups is 1. The number of carbonyl (C=O) groups is 2. The van der Waals surface area contributed by atoms with E-state index in [2.05, 4.69) is 10.3 Å². The Kier molecular flexibility index (Phi) is 6.63. The Labute approximate surface area is 169 Å². The summed E-state index contributed by atoms with van der Waals surface area (Å²) in [5, 5.41) is 2.71. The number of rotatable bonds is 5. The fraction of sp³-hybridized carbons (Fsp3) is 0.316. The summed E-state index contributed by atoms with van der Waals surface area (Å²) < 4.78 is 43.8. The standard InChI is InChI=1S/C19H18F3N3O3S/c20-19(21,22)13-3-1-4-14(11-13)24-17-15(5-2-6-23-17)18(27)28-12-16(26)25-7-9-29-10-8-25/h1-6,11H,7-10,12H2,(H,23,24). The normalized spacial score (nSPS) is 14.4. The fourth-order valence-corrected chi connectivity index (χ4v) is 3.59. The lowest BCUT2D eigenvalue weighted by Crippen LogP contribution is -2.40. The number of hydrogen-bond donors (Lipinski definition) is 1. The molecule has 0 unspecified atom stereocenters. The molecular weight excluding hydrogens is 407 g/mol. The van der Waals surface area contributed by atoms with Gasteiger partial charge in [-0.25, -0.2) is 9.78 Å². The Bertz CT molecular complexity index is 886. The van der Waals surface area contributed by atoms with E-state index in [0.717, 1.165) is 23.6 Å². The molecule has 0 saturated carbocycles. The first-order valence-electron chi connectivity index (χ1n) is 8.76. The molecule has 1 N–H and O–H groups in total. The van der Waals surface area contributed by atoms with Crippen molar-refractivity contribution >= 4 is 35.1 Å². The van der Waals surface area contributed by atoms with E-state index >= 15 is 0 Å². The number of nitrogens with one attached hydrogen (secondary N) is 1. The van der Waals surface area contributed by atoms with Gasteiger partial charge in [0.15, 0.2) is 6.61 Å². The smallest absolute Gasteiger partial charge is 0.416 e. The number of alkyl halides is 3. The zero-order chi connectivity index (χ0) is 20.9. The number of carbonyl (C=O) groups excluding carboxylic acids is 2. The van der Waals surface area contributed by atoms with Crippen molar-refractivity contribution in [2.45, 2.75) is 6.18 Å². The van der Waals surface area contributed by atoms with Crippen molar-refractivity contribution in [1.82, 2.24) is 9.88 Å². The lowest BCUT2D eigenvalue weighted by atomic mass is 10.2. The first-order chi connectivity index (χ1) is 13.8. The topological polar surface area (TPSA) is 71.5 Å². The van der Waals surface area contributed by atoms with Gasteiger partial charge in [0.05, 0.1) is 5.56 Å². The number of pyridine rings is 1. The van der Waals surface area contributed by atoms with Gasteiger partial charge in [-0.2, -0.15) is 24.9 Å². The van der Waals surface area contributed by atoms with Crippen LogP contribution >= 0.6 is 11.8 Å². The molecule has 2 heterocycles. The molecule has 154 valence electrons. The zero-order valence-corrected chi connectivity index (χ0v) is 16.1. The maximum Gasteiger partial charge on any atom is 0.416 e. The predicted molar refractivity (Wildman–Crippen MR) is 103 cm³/mol. The largest absolute Gasteiger partial charge is 0.452 e. The number of anilines is 2. The molecule has 1 amide bonds. The molecule has 6 nitrogen and oxygen atoms in total. The highest BCUT2D eigenvalue weighted by molar-refractivity contribution is 7.99. The zero-order valence-electron chi connectivity index (χ0n) is 15.2. The van der Waals surface area contributed by atoms with Gasteiger partial charge in [-0.3, -0.25) is 4.79 Å². The first-order valence-corrected chi connectivity index (χ1v) is 9.92. The minimum absolute atomic E-state index is 0.0203. The van der Waals surface area contributed by atoms with Crippen molar-refractivity contribution in [3.63, 3.8) is 0 Å². The van der Waals surface area contributed by atoms with Gasteiger partial charge in [0, 0.05) is 36.5 Å². The number of halogens is 3. The third kappa shape index (κ3) is 5.63. The van der Waals surface area contributed by atoms with Gasteiger partial charge in [0.1, 0.15) is 11.4 Å². The molecule has 3 rings (SSSR count). The average molecular weight is 425 g/mol. The van der Waals surface area contributed by atoms with Crippen LogP contribution in [-0.2, 0) is 15.7 Å². The molecule has 29 heavy (non-hydrogen) atoms. The van der Waals surface area contributed by atoms with Crippen molar-refractivity contribution in [1.29, 1.82) is 0 Å². The van der Waals surface area contributed by atoms with Crippen LogP contribution in [0.4, 0.5) is 24.7 Å². The Morgan fingerprint density at radius 3 is 2.66 bits per heavy atom. The SMILES string of the molecule is O=C(OCC(=O)N1CCSCC1)c1cccnc1Nc1cccc(C(F)(F)F)c1. The number of esters is 1. The molecule has 1 saturated heterocycles. The number of ether oxygens (including phenoxy) is 1. The molecule has 0 radical (unpaired) electrons. The highest BCUT2D eigenvalue weighted by atomic mass is 32.2. The number of amides is 1.